The molecular weight excluding hydrogens is 624 g/mol. The van der Waals surface area contributed by atoms with Gasteiger partial charge in [-0.3, -0.25) is 14.5 Å². The van der Waals surface area contributed by atoms with Gasteiger partial charge in [0.15, 0.2) is 11.5 Å². The highest BCUT2D eigenvalue weighted by atomic mass is 127. The molecule has 1 fully saturated rings. The Hall–Kier alpha value is -2.53. The zero-order valence-electron chi connectivity index (χ0n) is 18.1. The number of amides is 2. The van der Waals surface area contributed by atoms with E-state index in [1.807, 2.05) is 22.6 Å². The smallest absolute Gasteiger partial charge is 0.343 e. The van der Waals surface area contributed by atoms with Gasteiger partial charge in [-0.05, 0) is 94.0 Å². The van der Waals surface area contributed by atoms with Crippen molar-refractivity contribution in [2.75, 3.05) is 7.11 Å². The lowest BCUT2D eigenvalue weighted by molar-refractivity contribution is -0.123. The lowest BCUT2D eigenvalue weighted by Crippen LogP contribution is -2.27. The van der Waals surface area contributed by atoms with Crippen molar-refractivity contribution >= 4 is 80.7 Å². The summed E-state index contributed by atoms with van der Waals surface area (Å²) in [5.74, 6) is -0.420. The Balaban J connectivity index is 1.57. The Morgan fingerprint density at radius 1 is 1.09 bits per heavy atom. The minimum atomic E-state index is -0.564. The summed E-state index contributed by atoms with van der Waals surface area (Å²) in [6.07, 6.45) is 1.60. The molecule has 0 unspecified atom stereocenters. The molecule has 6 nitrogen and oxygen atoms in total. The number of nitrogens with zero attached hydrogens (tertiary/aromatic N) is 1. The van der Waals surface area contributed by atoms with Crippen LogP contribution in [-0.4, -0.2) is 29.1 Å². The fourth-order valence-electron chi connectivity index (χ4n) is 3.24. The second kappa shape index (κ2) is 11.0. The van der Waals surface area contributed by atoms with Gasteiger partial charge in [-0.1, -0.05) is 41.4 Å². The molecule has 0 atom stereocenters. The molecule has 0 bridgehead atoms. The number of hydrogen-bond donors (Lipinski definition) is 0. The summed E-state index contributed by atoms with van der Waals surface area (Å²) < 4.78 is 11.6. The molecule has 2 amide bonds. The van der Waals surface area contributed by atoms with E-state index in [-0.39, 0.29) is 22.4 Å². The second-order valence-electron chi connectivity index (χ2n) is 7.29. The van der Waals surface area contributed by atoms with Crippen LogP contribution in [0.2, 0.25) is 10.0 Å². The first kappa shape index (κ1) is 25.6. The minimum Gasteiger partial charge on any atom is -0.493 e. The maximum atomic E-state index is 12.9. The van der Waals surface area contributed by atoms with Crippen LogP contribution < -0.4 is 9.47 Å². The third-order valence-electron chi connectivity index (χ3n) is 4.98. The summed E-state index contributed by atoms with van der Waals surface area (Å²) in [5.41, 5.74) is 1.63. The van der Waals surface area contributed by atoms with Gasteiger partial charge < -0.3 is 9.47 Å². The monoisotopic (exact) mass is 639 g/mol. The third kappa shape index (κ3) is 5.83. The Morgan fingerprint density at radius 2 is 1.80 bits per heavy atom. The molecule has 0 saturated carbocycles. The zero-order valence-corrected chi connectivity index (χ0v) is 22.6. The molecule has 1 aliphatic rings. The molecule has 1 heterocycles. The predicted molar refractivity (Wildman–Crippen MR) is 145 cm³/mol. The van der Waals surface area contributed by atoms with E-state index in [9.17, 15) is 14.4 Å². The second-order valence-corrected chi connectivity index (χ2v) is 10.3. The van der Waals surface area contributed by atoms with E-state index >= 15 is 0 Å². The molecule has 1 aliphatic heterocycles. The average Bonchev–Trinajstić information content (AvgIpc) is 3.09. The van der Waals surface area contributed by atoms with Crippen molar-refractivity contribution < 1.29 is 23.9 Å². The summed E-state index contributed by atoms with van der Waals surface area (Å²) >= 11 is 14.9. The number of esters is 1. The Labute approximate surface area is 229 Å². The minimum absolute atomic E-state index is 0.0854. The van der Waals surface area contributed by atoms with Gasteiger partial charge in [-0.2, -0.15) is 0 Å². The summed E-state index contributed by atoms with van der Waals surface area (Å²) in [5, 5.41) is 0.615. The molecule has 0 spiro atoms. The van der Waals surface area contributed by atoms with Gasteiger partial charge >= 0.3 is 5.97 Å². The van der Waals surface area contributed by atoms with Crippen LogP contribution in [0.1, 0.15) is 21.5 Å². The highest BCUT2D eigenvalue weighted by molar-refractivity contribution is 14.1. The number of carbonyl (C=O) groups excluding carboxylic acids is 3. The van der Waals surface area contributed by atoms with Gasteiger partial charge in [-0.15, -0.1) is 0 Å². The number of methoxy groups -OCH3 is 1. The van der Waals surface area contributed by atoms with Gasteiger partial charge in [0.1, 0.15) is 0 Å². The quantitative estimate of drug-likeness (QED) is 0.124. The number of imide groups is 1. The van der Waals surface area contributed by atoms with Crippen LogP contribution in [0.4, 0.5) is 4.79 Å². The first-order valence-corrected chi connectivity index (χ1v) is 12.8. The van der Waals surface area contributed by atoms with Crippen LogP contribution in [0.3, 0.4) is 0 Å². The van der Waals surface area contributed by atoms with Crippen molar-refractivity contribution in [2.24, 2.45) is 0 Å². The highest BCUT2D eigenvalue weighted by Gasteiger charge is 2.35. The van der Waals surface area contributed by atoms with Crippen molar-refractivity contribution in [2.45, 2.75) is 6.54 Å². The Kier molecular flexibility index (Phi) is 8.05. The first-order valence-electron chi connectivity index (χ1n) is 10.1. The first-order chi connectivity index (χ1) is 16.8. The normalized spacial score (nSPS) is 14.5. The highest BCUT2D eigenvalue weighted by Crippen LogP contribution is 2.38. The number of benzene rings is 3. The maximum Gasteiger partial charge on any atom is 0.343 e. The SMILES string of the molecule is COc1cc(/C=C2\SC(=O)N(Cc3ccccc3Cl)C2=O)cc(I)c1OC(=O)c1ccc(Cl)cc1. The van der Waals surface area contributed by atoms with Gasteiger partial charge in [0.2, 0.25) is 0 Å². The number of carbonyl (C=O) groups is 3. The fourth-order valence-corrected chi connectivity index (χ4v) is 5.14. The molecule has 3 aromatic rings. The molecule has 178 valence electrons. The largest absolute Gasteiger partial charge is 0.493 e. The molecule has 0 radical (unpaired) electrons. The topological polar surface area (TPSA) is 72.9 Å². The molecule has 3 aromatic carbocycles. The van der Waals surface area contributed by atoms with Gasteiger partial charge in [0.05, 0.1) is 27.7 Å². The lowest BCUT2D eigenvalue weighted by Gasteiger charge is -2.13. The molecule has 0 aliphatic carbocycles. The maximum absolute atomic E-state index is 12.9. The van der Waals surface area contributed by atoms with E-state index in [0.29, 0.717) is 36.1 Å². The number of halogens is 3. The summed E-state index contributed by atoms with van der Waals surface area (Å²) in [7, 11) is 1.45. The summed E-state index contributed by atoms with van der Waals surface area (Å²) in [4.78, 5) is 39.4. The van der Waals surface area contributed by atoms with E-state index in [1.54, 1.807) is 66.7 Å². The van der Waals surface area contributed by atoms with Crippen LogP contribution in [0.25, 0.3) is 6.08 Å². The van der Waals surface area contributed by atoms with E-state index < -0.39 is 11.9 Å². The van der Waals surface area contributed by atoms with E-state index in [4.69, 9.17) is 32.7 Å². The molecule has 0 aromatic heterocycles. The van der Waals surface area contributed by atoms with Crippen LogP contribution >= 0.6 is 57.6 Å². The standard InChI is InChI=1S/C25H16Cl2INO5S/c1-33-20-11-14(10-19(28)22(20)34-24(31)15-6-8-17(26)9-7-15)12-21-23(30)29(25(32)35-21)13-16-4-2-3-5-18(16)27/h2-12H,13H2,1H3/b21-12-. The summed E-state index contributed by atoms with van der Waals surface area (Å²) in [6, 6.07) is 16.8. The van der Waals surface area contributed by atoms with Crippen molar-refractivity contribution in [1.29, 1.82) is 0 Å². The van der Waals surface area contributed by atoms with Crippen molar-refractivity contribution in [1.82, 2.24) is 4.90 Å². The van der Waals surface area contributed by atoms with Crippen LogP contribution in [0.5, 0.6) is 11.5 Å². The number of rotatable bonds is 6. The number of thioether (sulfide) groups is 1. The molecule has 10 heteroatoms. The van der Waals surface area contributed by atoms with Gasteiger partial charge in [0.25, 0.3) is 11.1 Å². The van der Waals surface area contributed by atoms with E-state index in [0.717, 1.165) is 16.7 Å². The van der Waals surface area contributed by atoms with E-state index in [2.05, 4.69) is 0 Å². The Bertz CT molecular complexity index is 1360. The van der Waals surface area contributed by atoms with Gasteiger partial charge in [-0.25, -0.2) is 4.79 Å². The summed E-state index contributed by atoms with van der Waals surface area (Å²) in [6.45, 7) is 0.0854. The van der Waals surface area contributed by atoms with Crippen molar-refractivity contribution in [3.63, 3.8) is 0 Å². The zero-order chi connectivity index (χ0) is 25.1. The Morgan fingerprint density at radius 3 is 2.49 bits per heavy atom. The molecule has 35 heavy (non-hydrogen) atoms. The molecule has 4 rings (SSSR count). The van der Waals surface area contributed by atoms with E-state index in [1.165, 1.54) is 7.11 Å². The predicted octanol–water partition coefficient (Wildman–Crippen LogP) is 7.06. The van der Waals surface area contributed by atoms with Crippen LogP contribution in [0, 0.1) is 3.57 Å². The number of hydrogen-bond acceptors (Lipinski definition) is 6. The molecule has 1 saturated heterocycles. The molecule has 0 N–H and O–H groups in total. The number of ether oxygens (including phenoxy) is 2. The van der Waals surface area contributed by atoms with Crippen LogP contribution in [-0.2, 0) is 11.3 Å². The average molecular weight is 640 g/mol. The van der Waals surface area contributed by atoms with Crippen molar-refractivity contribution in [3.8, 4) is 11.5 Å². The third-order valence-corrected chi connectivity index (χ3v) is 7.31. The molecular formula is C25H16Cl2INO5S. The van der Waals surface area contributed by atoms with Crippen LogP contribution in [0.15, 0.2) is 65.6 Å². The fraction of sp³-hybridized carbons (Fsp3) is 0.0800. The lowest BCUT2D eigenvalue weighted by atomic mass is 10.1. The van der Waals surface area contributed by atoms with Crippen molar-refractivity contribution in [3.05, 3.63) is 95.9 Å². The van der Waals surface area contributed by atoms with Gasteiger partial charge in [0, 0.05) is 10.0 Å².